The van der Waals surface area contributed by atoms with Crippen LogP contribution in [0.3, 0.4) is 0 Å². The second-order valence-corrected chi connectivity index (χ2v) is 4.39. The molecule has 0 aliphatic carbocycles. The molecule has 0 aromatic heterocycles. The van der Waals surface area contributed by atoms with E-state index in [9.17, 15) is 5.11 Å². The third-order valence-corrected chi connectivity index (χ3v) is 2.04. The summed E-state index contributed by atoms with van der Waals surface area (Å²) in [6.45, 7) is 1.04. The van der Waals surface area contributed by atoms with Crippen LogP contribution in [0.15, 0.2) is 24.3 Å². The van der Waals surface area contributed by atoms with Crippen molar-refractivity contribution >= 4 is 0 Å². The summed E-state index contributed by atoms with van der Waals surface area (Å²) in [5.41, 5.74) is 1.04. The van der Waals surface area contributed by atoms with Crippen molar-refractivity contribution in [3.63, 3.8) is 0 Å². The van der Waals surface area contributed by atoms with Crippen molar-refractivity contribution in [1.82, 2.24) is 0 Å². The molecule has 1 aromatic rings. The van der Waals surface area contributed by atoms with Gasteiger partial charge >= 0.3 is 0 Å². The minimum atomic E-state index is 0. The molecule has 0 saturated carbocycles. The van der Waals surface area contributed by atoms with Crippen LogP contribution in [0.2, 0.25) is 0 Å². The van der Waals surface area contributed by atoms with Crippen molar-refractivity contribution < 1.29 is 33.6 Å². The Balaban J connectivity index is 0.00000169. The maximum atomic E-state index is 9.50. The van der Waals surface area contributed by atoms with Crippen molar-refractivity contribution in [3.8, 4) is 5.75 Å². The van der Waals surface area contributed by atoms with Crippen molar-refractivity contribution in [2.45, 2.75) is 6.42 Å². The van der Waals surface area contributed by atoms with Gasteiger partial charge in [0, 0.05) is 6.42 Å². The van der Waals surface area contributed by atoms with Gasteiger partial charge in [-0.3, -0.25) is 0 Å². The quantitative estimate of drug-likeness (QED) is 0.541. The highest BCUT2D eigenvalue weighted by molar-refractivity contribution is 5.31. The van der Waals surface area contributed by atoms with Crippen LogP contribution in [0.4, 0.5) is 0 Å². The third kappa shape index (κ3) is 4.81. The fourth-order valence-corrected chi connectivity index (χ4v) is 1.18. The monoisotopic (exact) mass is 307 g/mol. The van der Waals surface area contributed by atoms with Crippen LogP contribution in [-0.2, 0) is 6.42 Å². The molecule has 0 amide bonds. The number of benzene rings is 1. The number of aromatic hydroxyl groups is 1. The van der Waals surface area contributed by atoms with E-state index < -0.39 is 0 Å². The Morgan fingerprint density at radius 3 is 2.21 bits per heavy atom. The number of quaternary nitrogens is 1. The van der Waals surface area contributed by atoms with E-state index in [1.54, 1.807) is 6.07 Å². The van der Waals surface area contributed by atoms with Gasteiger partial charge in [-0.1, -0.05) is 18.2 Å². The van der Waals surface area contributed by atoms with E-state index in [1.807, 2.05) is 18.2 Å². The summed E-state index contributed by atoms with van der Waals surface area (Å²) >= 11 is 0. The Kier molecular flexibility index (Phi) is 5.44. The number of hydrogen-bond acceptors (Lipinski definition) is 1. The average Bonchev–Trinajstić information content (AvgIpc) is 2.01. The molecule has 1 N–H and O–H groups in total. The van der Waals surface area contributed by atoms with Gasteiger partial charge < -0.3 is 33.6 Å². The molecule has 0 bridgehead atoms. The minimum absolute atomic E-state index is 0. The molecule has 3 heteroatoms. The number of para-hydroxylation sites is 1. The first-order chi connectivity index (χ1) is 5.99. The number of phenols is 1. The summed E-state index contributed by atoms with van der Waals surface area (Å²) < 4.78 is 0.925. The van der Waals surface area contributed by atoms with E-state index in [-0.39, 0.29) is 24.0 Å². The topological polar surface area (TPSA) is 20.2 Å². The highest BCUT2D eigenvalue weighted by Gasteiger charge is 2.08. The first-order valence-electron chi connectivity index (χ1n) is 4.56. The Morgan fingerprint density at radius 1 is 1.14 bits per heavy atom. The van der Waals surface area contributed by atoms with Crippen LogP contribution in [0.25, 0.3) is 0 Å². The lowest BCUT2D eigenvalue weighted by Crippen LogP contribution is -3.00. The van der Waals surface area contributed by atoms with Crippen molar-refractivity contribution in [1.29, 1.82) is 0 Å². The predicted molar refractivity (Wildman–Crippen MR) is 54.7 cm³/mol. The summed E-state index contributed by atoms with van der Waals surface area (Å²) in [6, 6.07) is 7.53. The lowest BCUT2D eigenvalue weighted by molar-refractivity contribution is -0.870. The highest BCUT2D eigenvalue weighted by atomic mass is 127. The molecular weight excluding hydrogens is 289 g/mol. The summed E-state index contributed by atoms with van der Waals surface area (Å²) in [7, 11) is 6.46. The zero-order chi connectivity index (χ0) is 9.90. The first kappa shape index (κ1) is 13.7. The molecule has 0 heterocycles. The van der Waals surface area contributed by atoms with Gasteiger partial charge in [0.15, 0.2) is 0 Å². The molecule has 0 saturated heterocycles. The summed E-state index contributed by atoms with van der Waals surface area (Å²) in [5.74, 6) is 0.413. The van der Waals surface area contributed by atoms with Crippen LogP contribution in [0.1, 0.15) is 5.56 Å². The first-order valence-corrected chi connectivity index (χ1v) is 4.56. The van der Waals surface area contributed by atoms with Gasteiger partial charge in [0.05, 0.1) is 27.7 Å². The Hall–Kier alpha value is -0.290. The van der Waals surface area contributed by atoms with E-state index in [1.165, 1.54) is 0 Å². The smallest absolute Gasteiger partial charge is 0.118 e. The molecule has 14 heavy (non-hydrogen) atoms. The number of rotatable bonds is 3. The fraction of sp³-hybridized carbons (Fsp3) is 0.455. The van der Waals surface area contributed by atoms with Gasteiger partial charge in [0.1, 0.15) is 5.75 Å². The minimum Gasteiger partial charge on any atom is -1.00 e. The number of halogens is 1. The largest absolute Gasteiger partial charge is 1.00 e. The predicted octanol–water partition coefficient (Wildman–Crippen LogP) is -1.36. The normalized spacial score (nSPS) is 10.8. The number of nitrogens with zero attached hydrogens (tertiary/aromatic N) is 1. The summed E-state index contributed by atoms with van der Waals surface area (Å²) in [5, 5.41) is 9.50. The van der Waals surface area contributed by atoms with Crippen LogP contribution in [0, 0.1) is 0 Å². The summed E-state index contributed by atoms with van der Waals surface area (Å²) in [4.78, 5) is 0. The van der Waals surface area contributed by atoms with Gasteiger partial charge in [-0.2, -0.15) is 0 Å². The van der Waals surface area contributed by atoms with E-state index in [0.717, 1.165) is 23.0 Å². The lowest BCUT2D eigenvalue weighted by atomic mass is 10.1. The molecule has 2 nitrogen and oxygen atoms in total. The van der Waals surface area contributed by atoms with Crippen LogP contribution in [-0.4, -0.2) is 37.3 Å². The Bertz CT molecular complexity index is 281. The zero-order valence-electron chi connectivity index (χ0n) is 9.00. The molecule has 0 aliphatic rings. The van der Waals surface area contributed by atoms with Crippen molar-refractivity contribution in [3.05, 3.63) is 29.8 Å². The molecule has 0 radical (unpaired) electrons. The van der Waals surface area contributed by atoms with Crippen LogP contribution in [0.5, 0.6) is 5.75 Å². The van der Waals surface area contributed by atoms with E-state index in [0.29, 0.717) is 5.75 Å². The van der Waals surface area contributed by atoms with E-state index in [2.05, 4.69) is 21.1 Å². The third-order valence-electron chi connectivity index (χ3n) is 2.04. The van der Waals surface area contributed by atoms with Crippen LogP contribution < -0.4 is 24.0 Å². The number of phenolic OH excluding ortho intramolecular Hbond substituents is 1. The molecule has 0 aliphatic heterocycles. The van der Waals surface area contributed by atoms with Gasteiger partial charge in [-0.05, 0) is 11.6 Å². The SMILES string of the molecule is C[N+](C)(C)CCc1ccccc1O.[I-]. The Labute approximate surface area is 103 Å². The maximum Gasteiger partial charge on any atom is 0.118 e. The molecule has 0 unspecified atom stereocenters. The molecule has 1 rings (SSSR count). The number of likely N-dealkylation sites (N-methyl/N-ethyl adjacent to an activating group) is 1. The summed E-state index contributed by atoms with van der Waals surface area (Å²) in [6.07, 6.45) is 0.927. The molecule has 80 valence electrons. The van der Waals surface area contributed by atoms with Gasteiger partial charge in [0.2, 0.25) is 0 Å². The van der Waals surface area contributed by atoms with Gasteiger partial charge in [-0.15, -0.1) is 0 Å². The van der Waals surface area contributed by atoms with Gasteiger partial charge in [0.25, 0.3) is 0 Å². The second-order valence-electron chi connectivity index (χ2n) is 4.39. The molecule has 0 fully saturated rings. The van der Waals surface area contributed by atoms with Crippen molar-refractivity contribution in [2.24, 2.45) is 0 Å². The fourth-order valence-electron chi connectivity index (χ4n) is 1.18. The molecule has 1 aromatic carbocycles. The standard InChI is InChI=1S/C11H17NO.HI/c1-12(2,3)9-8-10-6-4-5-7-11(10)13;/h4-7H,8-9H2,1-3H3;1H. The maximum absolute atomic E-state index is 9.50. The Morgan fingerprint density at radius 2 is 1.71 bits per heavy atom. The molecule has 0 atom stereocenters. The molecular formula is C11H18INO. The zero-order valence-corrected chi connectivity index (χ0v) is 11.2. The lowest BCUT2D eigenvalue weighted by Gasteiger charge is -2.23. The van der Waals surface area contributed by atoms with E-state index >= 15 is 0 Å². The highest BCUT2D eigenvalue weighted by Crippen LogP contribution is 2.16. The van der Waals surface area contributed by atoms with Gasteiger partial charge in [-0.25, -0.2) is 0 Å². The number of hydrogen-bond donors (Lipinski definition) is 1. The van der Waals surface area contributed by atoms with Crippen molar-refractivity contribution in [2.75, 3.05) is 27.7 Å². The average molecular weight is 307 g/mol. The molecule has 0 spiro atoms. The second kappa shape index (κ2) is 5.56. The van der Waals surface area contributed by atoms with Crippen LogP contribution >= 0.6 is 0 Å². The van der Waals surface area contributed by atoms with E-state index in [4.69, 9.17) is 0 Å².